The molecule has 2 fully saturated rings. The van der Waals surface area contributed by atoms with E-state index in [0.717, 1.165) is 12.3 Å². The summed E-state index contributed by atoms with van der Waals surface area (Å²) in [4.78, 5) is 0. The molecule has 3 unspecified atom stereocenters. The summed E-state index contributed by atoms with van der Waals surface area (Å²) in [5, 5.41) is 0. The molecule has 0 radical (unpaired) electrons. The van der Waals surface area contributed by atoms with Gasteiger partial charge in [-0.3, -0.25) is 0 Å². The first-order valence-electron chi connectivity index (χ1n) is 8.71. The van der Waals surface area contributed by atoms with Crippen molar-refractivity contribution in [1.82, 2.24) is 0 Å². The quantitative estimate of drug-likeness (QED) is 0.573. The molecular formula is C18H32F2. The Balaban J connectivity index is 1.74. The van der Waals surface area contributed by atoms with E-state index in [1.165, 1.54) is 38.5 Å². The molecule has 2 rings (SSSR count). The third-order valence-corrected chi connectivity index (χ3v) is 6.35. The van der Waals surface area contributed by atoms with E-state index in [-0.39, 0.29) is 5.92 Å². The highest BCUT2D eigenvalue weighted by Crippen LogP contribution is 2.45. The summed E-state index contributed by atoms with van der Waals surface area (Å²) in [5.41, 5.74) is 0.489. The molecule has 0 nitrogen and oxygen atoms in total. The second-order valence-corrected chi connectivity index (χ2v) is 7.94. The molecule has 0 bridgehead atoms. The fourth-order valence-electron chi connectivity index (χ4n) is 4.28. The van der Waals surface area contributed by atoms with Gasteiger partial charge in [-0.2, -0.15) is 0 Å². The van der Waals surface area contributed by atoms with E-state index in [0.29, 0.717) is 24.2 Å². The third kappa shape index (κ3) is 3.95. The maximum Gasteiger partial charge on any atom is 0.131 e. The van der Waals surface area contributed by atoms with Crippen LogP contribution < -0.4 is 0 Å². The molecule has 20 heavy (non-hydrogen) atoms. The monoisotopic (exact) mass is 286 g/mol. The van der Waals surface area contributed by atoms with Crippen molar-refractivity contribution in [1.29, 1.82) is 0 Å². The number of alkyl halides is 2. The van der Waals surface area contributed by atoms with Gasteiger partial charge in [-0.05, 0) is 74.5 Å². The van der Waals surface area contributed by atoms with Crippen molar-refractivity contribution in [3.63, 3.8) is 0 Å². The minimum atomic E-state index is -1.20. The van der Waals surface area contributed by atoms with Gasteiger partial charge in [0.25, 0.3) is 0 Å². The molecule has 0 aromatic carbocycles. The van der Waals surface area contributed by atoms with E-state index < -0.39 is 12.3 Å². The van der Waals surface area contributed by atoms with Crippen molar-refractivity contribution in [3.8, 4) is 0 Å². The molecule has 0 aromatic heterocycles. The zero-order chi connectivity index (χ0) is 14.8. The molecule has 2 aliphatic rings. The molecule has 3 atom stereocenters. The van der Waals surface area contributed by atoms with Crippen molar-refractivity contribution in [2.24, 2.45) is 23.2 Å². The Morgan fingerprint density at radius 2 is 1.65 bits per heavy atom. The second kappa shape index (κ2) is 6.75. The average Bonchev–Trinajstić information content (AvgIpc) is 2.77. The summed E-state index contributed by atoms with van der Waals surface area (Å²) in [6.07, 6.45) is 7.69. The van der Waals surface area contributed by atoms with Crippen LogP contribution in [-0.2, 0) is 0 Å². The Labute approximate surface area is 123 Å². The predicted octanol–water partition coefficient (Wildman–Crippen LogP) is 6.10. The number of hydrogen-bond acceptors (Lipinski definition) is 0. The first-order valence-corrected chi connectivity index (χ1v) is 8.71. The Kier molecular flexibility index (Phi) is 5.48. The van der Waals surface area contributed by atoms with Crippen LogP contribution in [0.5, 0.6) is 0 Å². The average molecular weight is 286 g/mol. The first-order chi connectivity index (χ1) is 9.43. The zero-order valence-electron chi connectivity index (χ0n) is 13.5. The predicted molar refractivity (Wildman–Crippen MR) is 81.3 cm³/mol. The van der Waals surface area contributed by atoms with E-state index in [4.69, 9.17) is 0 Å². The minimum Gasteiger partial charge on any atom is -0.244 e. The largest absolute Gasteiger partial charge is 0.244 e. The number of rotatable bonds is 5. The van der Waals surface area contributed by atoms with Gasteiger partial charge in [-0.15, -0.1) is 0 Å². The highest BCUT2D eigenvalue weighted by Gasteiger charge is 2.38. The molecule has 2 heteroatoms. The van der Waals surface area contributed by atoms with E-state index in [2.05, 4.69) is 20.8 Å². The van der Waals surface area contributed by atoms with Gasteiger partial charge in [-0.25, -0.2) is 8.78 Å². The molecule has 118 valence electrons. The van der Waals surface area contributed by atoms with Crippen LogP contribution in [0.15, 0.2) is 0 Å². The van der Waals surface area contributed by atoms with Crippen molar-refractivity contribution in [2.75, 3.05) is 0 Å². The molecular weight excluding hydrogens is 254 g/mol. The van der Waals surface area contributed by atoms with Gasteiger partial charge >= 0.3 is 0 Å². The lowest BCUT2D eigenvalue weighted by Gasteiger charge is -2.38. The molecule has 0 heterocycles. The van der Waals surface area contributed by atoms with Crippen LogP contribution in [0.4, 0.5) is 8.78 Å². The fraction of sp³-hybridized carbons (Fsp3) is 1.00. The smallest absolute Gasteiger partial charge is 0.131 e. The molecule has 2 aliphatic carbocycles. The van der Waals surface area contributed by atoms with Crippen LogP contribution in [-0.4, -0.2) is 12.3 Å². The molecule has 0 N–H and O–H groups in total. The third-order valence-electron chi connectivity index (χ3n) is 6.35. The SMILES string of the molecule is CCC1CCC(C)(CCC(C)C2CC(F)C(F)C2)CC1. The van der Waals surface area contributed by atoms with Gasteiger partial charge in [0, 0.05) is 0 Å². The Bertz CT molecular complexity index is 284. The molecule has 0 spiro atoms. The normalized spacial score (nSPS) is 43.6. The van der Waals surface area contributed by atoms with Crippen molar-refractivity contribution in [2.45, 2.75) is 90.9 Å². The van der Waals surface area contributed by atoms with Crippen LogP contribution in [0.1, 0.15) is 78.6 Å². The van der Waals surface area contributed by atoms with Crippen LogP contribution in [0.3, 0.4) is 0 Å². The van der Waals surface area contributed by atoms with Crippen LogP contribution in [0, 0.1) is 23.2 Å². The van der Waals surface area contributed by atoms with Gasteiger partial charge in [0.15, 0.2) is 0 Å². The van der Waals surface area contributed by atoms with Gasteiger partial charge in [0.05, 0.1) is 0 Å². The minimum absolute atomic E-state index is 0.274. The molecule has 0 saturated heterocycles. The first kappa shape index (κ1) is 16.2. The van der Waals surface area contributed by atoms with Gasteiger partial charge < -0.3 is 0 Å². The standard InChI is InChI=1S/C18H32F2/c1-4-14-6-9-18(3,10-7-14)8-5-13(2)15-11-16(19)17(20)12-15/h13-17H,4-12H2,1-3H3. The molecule has 0 aliphatic heterocycles. The van der Waals surface area contributed by atoms with E-state index >= 15 is 0 Å². The summed E-state index contributed by atoms with van der Waals surface area (Å²) >= 11 is 0. The van der Waals surface area contributed by atoms with Crippen molar-refractivity contribution in [3.05, 3.63) is 0 Å². The van der Waals surface area contributed by atoms with Crippen LogP contribution in [0.2, 0.25) is 0 Å². The lowest BCUT2D eigenvalue weighted by molar-refractivity contribution is 0.137. The van der Waals surface area contributed by atoms with E-state index in [9.17, 15) is 8.78 Å². The van der Waals surface area contributed by atoms with Crippen molar-refractivity contribution < 1.29 is 8.78 Å². The van der Waals surface area contributed by atoms with Crippen LogP contribution in [0.25, 0.3) is 0 Å². The lowest BCUT2D eigenvalue weighted by Crippen LogP contribution is -2.25. The molecule has 0 amide bonds. The summed E-state index contributed by atoms with van der Waals surface area (Å²) in [6, 6.07) is 0. The van der Waals surface area contributed by atoms with Gasteiger partial charge in [0.2, 0.25) is 0 Å². The van der Waals surface area contributed by atoms with Gasteiger partial charge in [-0.1, -0.05) is 27.2 Å². The highest BCUT2D eigenvalue weighted by atomic mass is 19.2. The zero-order valence-corrected chi connectivity index (χ0v) is 13.5. The summed E-state index contributed by atoms with van der Waals surface area (Å²) in [6.45, 7) is 6.93. The highest BCUT2D eigenvalue weighted by molar-refractivity contribution is 4.88. The van der Waals surface area contributed by atoms with Gasteiger partial charge in [0.1, 0.15) is 12.3 Å². The summed E-state index contributed by atoms with van der Waals surface area (Å²) < 4.78 is 26.6. The topological polar surface area (TPSA) is 0 Å². The Morgan fingerprint density at radius 1 is 1.10 bits per heavy atom. The summed E-state index contributed by atoms with van der Waals surface area (Å²) in [7, 11) is 0. The Morgan fingerprint density at radius 3 is 2.15 bits per heavy atom. The molecule has 2 saturated carbocycles. The summed E-state index contributed by atoms with van der Waals surface area (Å²) in [5.74, 6) is 1.69. The van der Waals surface area contributed by atoms with E-state index in [1.807, 2.05) is 0 Å². The lowest BCUT2D eigenvalue weighted by atomic mass is 9.67. The second-order valence-electron chi connectivity index (χ2n) is 7.94. The fourth-order valence-corrected chi connectivity index (χ4v) is 4.28. The van der Waals surface area contributed by atoms with Crippen molar-refractivity contribution >= 4 is 0 Å². The number of hydrogen-bond donors (Lipinski definition) is 0. The molecule has 0 aromatic rings. The van der Waals surface area contributed by atoms with E-state index in [1.54, 1.807) is 0 Å². The maximum absolute atomic E-state index is 13.3. The Hall–Kier alpha value is -0.140. The maximum atomic E-state index is 13.3. The van der Waals surface area contributed by atoms with Crippen LogP contribution >= 0.6 is 0 Å². The number of halogens is 2.